The maximum atomic E-state index is 10.6. The minimum atomic E-state index is -0.256. The van der Waals surface area contributed by atoms with Gasteiger partial charge in [-0.15, -0.1) is 0 Å². The molecule has 10 heavy (non-hydrogen) atoms. The van der Waals surface area contributed by atoms with E-state index >= 15 is 0 Å². The van der Waals surface area contributed by atoms with Gasteiger partial charge in [0.25, 0.3) is 0 Å². The smallest absolute Gasteiger partial charge is 0.246 e. The minimum absolute atomic E-state index is 0.0321. The van der Waals surface area contributed by atoms with E-state index in [-0.39, 0.29) is 19.1 Å². The summed E-state index contributed by atoms with van der Waals surface area (Å²) in [6.45, 7) is 2.40. The highest BCUT2D eigenvalue weighted by Crippen LogP contribution is 1.71. The molecule has 0 fully saturated rings. The summed E-state index contributed by atoms with van der Waals surface area (Å²) in [6.07, 6.45) is 0.629. The van der Waals surface area contributed by atoms with Crippen molar-refractivity contribution in [3.8, 4) is 0 Å². The number of hydrogen-bond donors (Lipinski definition) is 1. The Morgan fingerprint density at radius 1 is 1.70 bits per heavy atom. The summed E-state index contributed by atoms with van der Waals surface area (Å²) in [5.74, 6) is -0.256. The number of hydrogen-bond acceptors (Lipinski definition) is 3. The molecule has 0 unspecified atom stereocenters. The van der Waals surface area contributed by atoms with Gasteiger partial charge in [0, 0.05) is 6.61 Å². The average Bonchev–Trinajstić information content (AvgIpc) is 1.97. The third-order valence-corrected chi connectivity index (χ3v) is 0.820. The second-order valence-electron chi connectivity index (χ2n) is 1.61. The van der Waals surface area contributed by atoms with Crippen LogP contribution in [0.4, 0.5) is 0 Å². The third-order valence-electron chi connectivity index (χ3n) is 0.820. The summed E-state index contributed by atoms with van der Waals surface area (Å²) in [5, 5.41) is 2.34. The summed E-state index contributed by atoms with van der Waals surface area (Å²) in [6, 6.07) is 0. The van der Waals surface area contributed by atoms with Crippen LogP contribution in [0.1, 0.15) is 6.92 Å². The van der Waals surface area contributed by atoms with Crippen LogP contribution in [0.2, 0.25) is 0 Å². The number of ether oxygens (including phenoxy) is 1. The van der Waals surface area contributed by atoms with Gasteiger partial charge >= 0.3 is 0 Å². The lowest BCUT2D eigenvalue weighted by atomic mass is 10.6. The van der Waals surface area contributed by atoms with Crippen LogP contribution in [0, 0.1) is 0 Å². The van der Waals surface area contributed by atoms with E-state index < -0.39 is 0 Å². The van der Waals surface area contributed by atoms with Crippen molar-refractivity contribution in [2.24, 2.45) is 0 Å². The first-order valence-electron chi connectivity index (χ1n) is 3.09. The van der Waals surface area contributed by atoms with Crippen molar-refractivity contribution in [3.05, 3.63) is 0 Å². The van der Waals surface area contributed by atoms with Gasteiger partial charge in [0.05, 0.1) is 6.54 Å². The summed E-state index contributed by atoms with van der Waals surface area (Å²) < 4.78 is 4.76. The molecule has 0 aliphatic carbocycles. The van der Waals surface area contributed by atoms with Crippen molar-refractivity contribution >= 4 is 12.2 Å². The highest BCUT2D eigenvalue weighted by Gasteiger charge is 1.96. The Balaban J connectivity index is 3.16. The van der Waals surface area contributed by atoms with Gasteiger partial charge in [-0.3, -0.25) is 4.79 Å². The number of aldehydes is 1. The fourth-order valence-electron chi connectivity index (χ4n) is 0.401. The lowest BCUT2D eigenvalue weighted by molar-refractivity contribution is -0.126. The molecular formula is C6H11NO3. The zero-order chi connectivity index (χ0) is 7.82. The molecule has 0 bridgehead atoms. The number of nitrogens with one attached hydrogen (secondary N) is 1. The van der Waals surface area contributed by atoms with Crippen molar-refractivity contribution < 1.29 is 14.3 Å². The molecule has 4 nitrogen and oxygen atoms in total. The van der Waals surface area contributed by atoms with Gasteiger partial charge in [0.15, 0.2) is 0 Å². The van der Waals surface area contributed by atoms with Gasteiger partial charge in [-0.2, -0.15) is 0 Å². The third kappa shape index (κ3) is 5.24. The quantitative estimate of drug-likeness (QED) is 0.522. The predicted molar refractivity (Wildman–Crippen MR) is 35.6 cm³/mol. The van der Waals surface area contributed by atoms with Crippen LogP contribution < -0.4 is 5.32 Å². The van der Waals surface area contributed by atoms with Gasteiger partial charge < -0.3 is 14.8 Å². The first-order chi connectivity index (χ1) is 4.81. The minimum Gasteiger partial charge on any atom is -0.372 e. The molecule has 58 valence electrons. The van der Waals surface area contributed by atoms with E-state index in [0.717, 1.165) is 0 Å². The Morgan fingerprint density at radius 2 is 2.40 bits per heavy atom. The van der Waals surface area contributed by atoms with E-state index in [4.69, 9.17) is 4.74 Å². The number of amides is 1. The van der Waals surface area contributed by atoms with Crippen molar-refractivity contribution in [2.75, 3.05) is 19.8 Å². The Labute approximate surface area is 59.6 Å². The fraction of sp³-hybridized carbons (Fsp3) is 0.667. The standard InChI is InChI=1S/C6H11NO3/c1-2-10-5-6(9)7-3-4-8/h4H,2-3,5H2,1H3,(H,7,9). The monoisotopic (exact) mass is 145 g/mol. The molecule has 0 rings (SSSR count). The number of rotatable bonds is 5. The van der Waals surface area contributed by atoms with Crippen molar-refractivity contribution in [3.63, 3.8) is 0 Å². The highest BCUT2D eigenvalue weighted by atomic mass is 16.5. The highest BCUT2D eigenvalue weighted by molar-refractivity contribution is 5.79. The SMILES string of the molecule is CCOCC(=O)NCC=O. The maximum absolute atomic E-state index is 10.6. The largest absolute Gasteiger partial charge is 0.372 e. The zero-order valence-corrected chi connectivity index (χ0v) is 5.92. The van der Waals surface area contributed by atoms with Crippen molar-refractivity contribution in [1.29, 1.82) is 0 Å². The van der Waals surface area contributed by atoms with Crippen LogP contribution in [-0.2, 0) is 14.3 Å². The van der Waals surface area contributed by atoms with Gasteiger partial charge in [-0.1, -0.05) is 0 Å². The molecule has 0 aliphatic rings. The van der Waals surface area contributed by atoms with E-state index in [1.54, 1.807) is 6.92 Å². The van der Waals surface area contributed by atoms with E-state index in [1.807, 2.05) is 0 Å². The summed E-state index contributed by atoms with van der Waals surface area (Å²) in [5.41, 5.74) is 0. The molecule has 0 saturated heterocycles. The van der Waals surface area contributed by atoms with E-state index in [2.05, 4.69) is 5.32 Å². The second kappa shape index (κ2) is 6.22. The molecule has 0 atom stereocenters. The summed E-state index contributed by atoms with van der Waals surface area (Å²) >= 11 is 0. The molecular weight excluding hydrogens is 134 g/mol. The first-order valence-corrected chi connectivity index (χ1v) is 3.09. The van der Waals surface area contributed by atoms with E-state index in [0.29, 0.717) is 12.9 Å². The van der Waals surface area contributed by atoms with Gasteiger partial charge in [-0.05, 0) is 6.92 Å². The molecule has 0 radical (unpaired) electrons. The van der Waals surface area contributed by atoms with Gasteiger partial charge in [0.2, 0.25) is 5.91 Å². The predicted octanol–water partition coefficient (Wildman–Crippen LogP) is -0.662. The Bertz CT molecular complexity index is 114. The molecule has 0 aliphatic heterocycles. The fourth-order valence-corrected chi connectivity index (χ4v) is 0.401. The number of carbonyl (C=O) groups excluding carboxylic acids is 2. The molecule has 4 heteroatoms. The molecule has 0 aromatic carbocycles. The number of carbonyl (C=O) groups is 2. The van der Waals surface area contributed by atoms with Crippen LogP contribution in [0.25, 0.3) is 0 Å². The molecule has 0 heterocycles. The topological polar surface area (TPSA) is 55.4 Å². The van der Waals surface area contributed by atoms with Gasteiger partial charge in [0.1, 0.15) is 12.9 Å². The van der Waals surface area contributed by atoms with E-state index in [9.17, 15) is 9.59 Å². The van der Waals surface area contributed by atoms with E-state index in [1.165, 1.54) is 0 Å². The Hall–Kier alpha value is -0.900. The molecule has 0 aromatic rings. The molecule has 0 saturated carbocycles. The zero-order valence-electron chi connectivity index (χ0n) is 5.92. The Kier molecular flexibility index (Phi) is 5.66. The molecule has 0 aromatic heterocycles. The van der Waals surface area contributed by atoms with Crippen LogP contribution >= 0.6 is 0 Å². The molecule has 1 amide bonds. The maximum Gasteiger partial charge on any atom is 0.246 e. The summed E-state index contributed by atoms with van der Waals surface area (Å²) in [7, 11) is 0. The van der Waals surface area contributed by atoms with Crippen molar-refractivity contribution in [1.82, 2.24) is 5.32 Å². The molecule has 0 spiro atoms. The Morgan fingerprint density at radius 3 is 2.90 bits per heavy atom. The lowest BCUT2D eigenvalue weighted by Crippen LogP contribution is -2.28. The van der Waals surface area contributed by atoms with Crippen molar-refractivity contribution in [2.45, 2.75) is 6.92 Å². The normalized spacial score (nSPS) is 8.90. The van der Waals surface area contributed by atoms with Gasteiger partial charge in [-0.25, -0.2) is 0 Å². The van der Waals surface area contributed by atoms with Crippen LogP contribution in [-0.4, -0.2) is 32.0 Å². The second-order valence-corrected chi connectivity index (χ2v) is 1.61. The van der Waals surface area contributed by atoms with Crippen LogP contribution in [0.3, 0.4) is 0 Å². The van der Waals surface area contributed by atoms with Crippen LogP contribution in [0.5, 0.6) is 0 Å². The lowest BCUT2D eigenvalue weighted by Gasteiger charge is -1.99. The average molecular weight is 145 g/mol. The molecule has 1 N–H and O–H groups in total. The van der Waals surface area contributed by atoms with Crippen LogP contribution in [0.15, 0.2) is 0 Å². The first kappa shape index (κ1) is 9.10. The summed E-state index contributed by atoms with van der Waals surface area (Å²) in [4.78, 5) is 20.3.